The first-order valence-electron chi connectivity index (χ1n) is 5.22. The van der Waals surface area contributed by atoms with Crippen LogP contribution in [0, 0.1) is 5.92 Å². The molecule has 0 bridgehead atoms. The van der Waals surface area contributed by atoms with Gasteiger partial charge < -0.3 is 9.47 Å². The molecule has 3 aliphatic rings. The molecule has 0 spiro atoms. The van der Waals surface area contributed by atoms with Crippen LogP contribution in [0.15, 0.2) is 35.5 Å². The molecular formula is C12H14O2. The highest BCUT2D eigenvalue weighted by atomic mass is 16.5. The lowest BCUT2D eigenvalue weighted by molar-refractivity contribution is 0.00671. The molecule has 1 aliphatic carbocycles. The summed E-state index contributed by atoms with van der Waals surface area (Å²) in [6, 6.07) is 0. The largest absolute Gasteiger partial charge is 0.380 e. The molecular weight excluding hydrogens is 176 g/mol. The number of ether oxygens (including phenoxy) is 2. The molecule has 74 valence electrons. The minimum atomic E-state index is 0.212. The Bertz CT molecular complexity index is 325. The van der Waals surface area contributed by atoms with E-state index >= 15 is 0 Å². The van der Waals surface area contributed by atoms with Crippen LogP contribution in [-0.2, 0) is 9.47 Å². The number of hydrogen-bond acceptors (Lipinski definition) is 2. The third-order valence-corrected chi connectivity index (χ3v) is 3.15. The smallest absolute Gasteiger partial charge is 0.101 e. The highest BCUT2D eigenvalue weighted by molar-refractivity contribution is 5.41. The number of rotatable bonds is 0. The molecule has 0 amide bonds. The zero-order valence-electron chi connectivity index (χ0n) is 8.11. The van der Waals surface area contributed by atoms with Crippen molar-refractivity contribution in [3.63, 3.8) is 0 Å². The molecule has 0 aromatic rings. The summed E-state index contributed by atoms with van der Waals surface area (Å²) in [5.41, 5.74) is 2.94. The van der Waals surface area contributed by atoms with Crippen LogP contribution in [0.1, 0.15) is 6.42 Å². The maximum absolute atomic E-state index is 5.78. The fourth-order valence-electron chi connectivity index (χ4n) is 2.42. The standard InChI is InChI=1S/C12H14O2/c1-2-4-12-11(3-1)10-5-6-13-7-9(10)8-14-12/h1-4,9,12H,5-8H2. The SMILES string of the molecule is C1=CC2=C3CCOCC3COC2C=C1. The van der Waals surface area contributed by atoms with Gasteiger partial charge in [0.2, 0.25) is 0 Å². The minimum absolute atomic E-state index is 0.212. The first-order chi connectivity index (χ1) is 6.95. The number of hydrogen-bond donors (Lipinski definition) is 0. The van der Waals surface area contributed by atoms with E-state index in [1.807, 2.05) is 0 Å². The average Bonchev–Trinajstić information content (AvgIpc) is 2.29. The molecule has 3 rings (SSSR count). The second kappa shape index (κ2) is 3.37. The third kappa shape index (κ3) is 1.26. The molecule has 1 fully saturated rings. The minimum Gasteiger partial charge on any atom is -0.380 e. The van der Waals surface area contributed by atoms with Crippen molar-refractivity contribution in [1.29, 1.82) is 0 Å². The van der Waals surface area contributed by atoms with E-state index in [-0.39, 0.29) is 6.10 Å². The van der Waals surface area contributed by atoms with Crippen molar-refractivity contribution >= 4 is 0 Å². The van der Waals surface area contributed by atoms with E-state index in [2.05, 4.69) is 24.3 Å². The summed E-state index contributed by atoms with van der Waals surface area (Å²) in [6.45, 7) is 2.53. The first-order valence-corrected chi connectivity index (χ1v) is 5.22. The summed E-state index contributed by atoms with van der Waals surface area (Å²) in [5, 5.41) is 0. The van der Waals surface area contributed by atoms with Gasteiger partial charge in [-0.15, -0.1) is 0 Å². The molecule has 0 radical (unpaired) electrons. The summed E-state index contributed by atoms with van der Waals surface area (Å²) < 4.78 is 11.2. The van der Waals surface area contributed by atoms with Crippen molar-refractivity contribution in [2.75, 3.05) is 19.8 Å². The van der Waals surface area contributed by atoms with Crippen LogP contribution < -0.4 is 0 Å². The van der Waals surface area contributed by atoms with Crippen LogP contribution in [-0.4, -0.2) is 25.9 Å². The Labute approximate surface area is 83.9 Å². The normalized spacial score (nSPS) is 35.4. The van der Waals surface area contributed by atoms with Gasteiger partial charge in [-0.2, -0.15) is 0 Å². The van der Waals surface area contributed by atoms with Gasteiger partial charge in [-0.3, -0.25) is 0 Å². The molecule has 0 aromatic carbocycles. The molecule has 2 aliphatic heterocycles. The summed E-state index contributed by atoms with van der Waals surface area (Å²) >= 11 is 0. The van der Waals surface area contributed by atoms with Crippen molar-refractivity contribution in [2.45, 2.75) is 12.5 Å². The van der Waals surface area contributed by atoms with Crippen LogP contribution in [0.2, 0.25) is 0 Å². The topological polar surface area (TPSA) is 18.5 Å². The van der Waals surface area contributed by atoms with Gasteiger partial charge >= 0.3 is 0 Å². The van der Waals surface area contributed by atoms with E-state index in [9.17, 15) is 0 Å². The predicted molar refractivity (Wildman–Crippen MR) is 54.0 cm³/mol. The van der Waals surface area contributed by atoms with Crippen LogP contribution >= 0.6 is 0 Å². The van der Waals surface area contributed by atoms with Crippen LogP contribution in [0.25, 0.3) is 0 Å². The zero-order valence-corrected chi connectivity index (χ0v) is 8.11. The summed E-state index contributed by atoms with van der Waals surface area (Å²) in [7, 11) is 0. The van der Waals surface area contributed by atoms with E-state index in [0.717, 1.165) is 26.2 Å². The summed E-state index contributed by atoms with van der Waals surface area (Å²) in [4.78, 5) is 0. The fraction of sp³-hybridized carbons (Fsp3) is 0.500. The quantitative estimate of drug-likeness (QED) is 0.580. The van der Waals surface area contributed by atoms with Gasteiger partial charge in [-0.05, 0) is 12.0 Å². The molecule has 2 heteroatoms. The van der Waals surface area contributed by atoms with Gasteiger partial charge in [0.1, 0.15) is 6.10 Å². The highest BCUT2D eigenvalue weighted by Crippen LogP contribution is 2.34. The third-order valence-electron chi connectivity index (χ3n) is 3.15. The van der Waals surface area contributed by atoms with Crippen molar-refractivity contribution < 1.29 is 9.47 Å². The molecule has 0 saturated carbocycles. The molecule has 0 N–H and O–H groups in total. The molecule has 2 unspecified atom stereocenters. The van der Waals surface area contributed by atoms with Crippen molar-refractivity contribution in [2.24, 2.45) is 5.92 Å². The van der Waals surface area contributed by atoms with E-state index in [1.54, 1.807) is 5.57 Å². The Balaban J connectivity index is 2.00. The van der Waals surface area contributed by atoms with Gasteiger partial charge in [-0.1, -0.05) is 29.9 Å². The summed E-state index contributed by atoms with van der Waals surface area (Å²) in [5.74, 6) is 0.506. The Hall–Kier alpha value is -0.860. The Morgan fingerprint density at radius 2 is 2.21 bits per heavy atom. The second-order valence-corrected chi connectivity index (χ2v) is 4.00. The van der Waals surface area contributed by atoms with Crippen molar-refractivity contribution in [3.8, 4) is 0 Å². The molecule has 2 heterocycles. The monoisotopic (exact) mass is 190 g/mol. The summed E-state index contributed by atoms with van der Waals surface area (Å²) in [6.07, 6.45) is 9.78. The van der Waals surface area contributed by atoms with Crippen LogP contribution in [0.4, 0.5) is 0 Å². The molecule has 0 aromatic heterocycles. The second-order valence-electron chi connectivity index (χ2n) is 4.00. The molecule has 1 saturated heterocycles. The van der Waals surface area contributed by atoms with Crippen molar-refractivity contribution in [3.05, 3.63) is 35.5 Å². The lowest BCUT2D eigenvalue weighted by Gasteiger charge is -2.35. The fourth-order valence-corrected chi connectivity index (χ4v) is 2.42. The highest BCUT2D eigenvalue weighted by Gasteiger charge is 2.30. The van der Waals surface area contributed by atoms with E-state index < -0.39 is 0 Å². The van der Waals surface area contributed by atoms with Crippen LogP contribution in [0.5, 0.6) is 0 Å². The Morgan fingerprint density at radius 3 is 3.21 bits per heavy atom. The number of allylic oxidation sites excluding steroid dienone is 2. The van der Waals surface area contributed by atoms with Gasteiger partial charge in [-0.25, -0.2) is 0 Å². The Morgan fingerprint density at radius 1 is 1.21 bits per heavy atom. The predicted octanol–water partition coefficient (Wildman–Crippen LogP) is 1.84. The Kier molecular flexibility index (Phi) is 2.03. The van der Waals surface area contributed by atoms with Crippen molar-refractivity contribution in [1.82, 2.24) is 0 Å². The average molecular weight is 190 g/mol. The van der Waals surface area contributed by atoms with E-state index in [0.29, 0.717) is 5.92 Å². The zero-order chi connectivity index (χ0) is 9.38. The lowest BCUT2D eigenvalue weighted by Crippen LogP contribution is -2.34. The van der Waals surface area contributed by atoms with Gasteiger partial charge in [0, 0.05) is 5.92 Å². The van der Waals surface area contributed by atoms with Crippen LogP contribution in [0.3, 0.4) is 0 Å². The van der Waals surface area contributed by atoms with Gasteiger partial charge in [0.15, 0.2) is 0 Å². The molecule has 2 nitrogen and oxygen atoms in total. The molecule has 14 heavy (non-hydrogen) atoms. The maximum Gasteiger partial charge on any atom is 0.101 e. The van der Waals surface area contributed by atoms with E-state index in [4.69, 9.17) is 9.47 Å². The number of fused-ring (bicyclic) bond motifs is 2. The maximum atomic E-state index is 5.78. The van der Waals surface area contributed by atoms with Gasteiger partial charge in [0.25, 0.3) is 0 Å². The van der Waals surface area contributed by atoms with E-state index in [1.165, 1.54) is 5.57 Å². The lowest BCUT2D eigenvalue weighted by atomic mass is 9.85. The van der Waals surface area contributed by atoms with Gasteiger partial charge in [0.05, 0.1) is 19.8 Å². The first kappa shape index (κ1) is 8.45. The molecule has 2 atom stereocenters.